The first-order chi connectivity index (χ1) is 7.45. The van der Waals surface area contributed by atoms with Crippen LogP contribution in [0.25, 0.3) is 0 Å². The van der Waals surface area contributed by atoms with Crippen LogP contribution < -0.4 is 0 Å². The number of hydrogen-bond donors (Lipinski definition) is 0. The molecule has 2 rings (SSSR count). The van der Waals surface area contributed by atoms with E-state index in [-0.39, 0.29) is 0 Å². The van der Waals surface area contributed by atoms with Crippen molar-refractivity contribution in [2.75, 3.05) is 0 Å². The summed E-state index contributed by atoms with van der Waals surface area (Å²) < 4.78 is 0. The van der Waals surface area contributed by atoms with Gasteiger partial charge in [-0.2, -0.15) is 0 Å². The lowest BCUT2D eigenvalue weighted by atomic mass is 9.79. The van der Waals surface area contributed by atoms with Crippen LogP contribution in [-0.2, 0) is 0 Å². The normalized spacial score (nSPS) is 40.5. The summed E-state index contributed by atoms with van der Waals surface area (Å²) in [6, 6.07) is 0. The lowest BCUT2D eigenvalue weighted by Crippen LogP contribution is -2.17. The van der Waals surface area contributed by atoms with Crippen molar-refractivity contribution in [1.29, 1.82) is 0 Å². The highest BCUT2D eigenvalue weighted by atomic mass is 14.4. The minimum Gasteiger partial charge on any atom is -0.0625 e. The summed E-state index contributed by atoms with van der Waals surface area (Å²) in [7, 11) is 0. The van der Waals surface area contributed by atoms with Crippen molar-refractivity contribution in [2.24, 2.45) is 29.1 Å². The van der Waals surface area contributed by atoms with Crippen molar-refractivity contribution in [3.8, 4) is 0 Å². The van der Waals surface area contributed by atoms with Crippen molar-refractivity contribution in [3.63, 3.8) is 0 Å². The van der Waals surface area contributed by atoms with E-state index in [1.807, 2.05) is 0 Å². The average molecular weight is 222 g/mol. The van der Waals surface area contributed by atoms with Crippen molar-refractivity contribution in [2.45, 2.75) is 72.6 Å². The molecule has 0 aliphatic heterocycles. The van der Waals surface area contributed by atoms with Gasteiger partial charge in [0.05, 0.1) is 0 Å². The van der Waals surface area contributed by atoms with Crippen LogP contribution >= 0.6 is 0 Å². The zero-order chi connectivity index (χ0) is 11.8. The molecule has 0 N–H and O–H groups in total. The molecule has 2 saturated carbocycles. The molecule has 0 heterocycles. The maximum atomic E-state index is 2.44. The molecular weight excluding hydrogens is 192 g/mol. The molecule has 2 aliphatic carbocycles. The Labute approximate surface area is 102 Å². The van der Waals surface area contributed by atoms with E-state index in [9.17, 15) is 0 Å². The minimum atomic E-state index is 0.553. The van der Waals surface area contributed by atoms with E-state index in [1.165, 1.54) is 38.5 Å². The molecule has 16 heavy (non-hydrogen) atoms. The SMILES string of the molecule is CC1CCC(CC2CCC(C(C)(C)C)C2)C1. The van der Waals surface area contributed by atoms with Crippen LogP contribution in [0.15, 0.2) is 0 Å². The largest absolute Gasteiger partial charge is 0.0625 e. The van der Waals surface area contributed by atoms with E-state index in [0.717, 1.165) is 23.7 Å². The molecule has 0 amide bonds. The van der Waals surface area contributed by atoms with Gasteiger partial charge >= 0.3 is 0 Å². The summed E-state index contributed by atoms with van der Waals surface area (Å²) in [4.78, 5) is 0. The van der Waals surface area contributed by atoms with Crippen molar-refractivity contribution in [1.82, 2.24) is 0 Å². The highest BCUT2D eigenvalue weighted by Crippen LogP contribution is 2.46. The van der Waals surface area contributed by atoms with Crippen molar-refractivity contribution < 1.29 is 0 Å². The quantitative estimate of drug-likeness (QED) is 0.596. The summed E-state index contributed by atoms with van der Waals surface area (Å²) in [6.07, 6.45) is 10.6. The van der Waals surface area contributed by atoms with Gasteiger partial charge in [-0.1, -0.05) is 47.0 Å². The third kappa shape index (κ3) is 3.02. The number of rotatable bonds is 2. The highest BCUT2D eigenvalue weighted by molar-refractivity contribution is 4.85. The molecule has 0 radical (unpaired) electrons. The smallest absolute Gasteiger partial charge is 0.0354 e. The zero-order valence-corrected chi connectivity index (χ0v) is 11.8. The van der Waals surface area contributed by atoms with E-state index in [4.69, 9.17) is 0 Å². The first-order valence-electron chi connectivity index (χ1n) is 7.45. The van der Waals surface area contributed by atoms with Crippen LogP contribution in [0, 0.1) is 29.1 Å². The molecule has 0 nitrogen and oxygen atoms in total. The van der Waals surface area contributed by atoms with E-state index < -0.39 is 0 Å². The summed E-state index contributed by atoms with van der Waals surface area (Å²) in [5.41, 5.74) is 0.553. The third-order valence-electron chi connectivity index (χ3n) is 5.24. The maximum absolute atomic E-state index is 2.44. The molecule has 94 valence electrons. The summed E-state index contributed by atoms with van der Waals surface area (Å²) >= 11 is 0. The predicted molar refractivity (Wildman–Crippen MR) is 71.4 cm³/mol. The number of hydrogen-bond acceptors (Lipinski definition) is 0. The van der Waals surface area contributed by atoms with Crippen LogP contribution in [0.4, 0.5) is 0 Å². The van der Waals surface area contributed by atoms with Gasteiger partial charge in [-0.25, -0.2) is 0 Å². The van der Waals surface area contributed by atoms with E-state index in [0.29, 0.717) is 5.41 Å². The van der Waals surface area contributed by atoms with Gasteiger partial charge < -0.3 is 0 Å². The summed E-state index contributed by atoms with van der Waals surface area (Å²) in [5.74, 6) is 4.17. The molecule has 0 heteroatoms. The van der Waals surface area contributed by atoms with E-state index >= 15 is 0 Å². The van der Waals surface area contributed by atoms with E-state index in [2.05, 4.69) is 27.7 Å². The van der Waals surface area contributed by atoms with Gasteiger partial charge in [-0.05, 0) is 54.8 Å². The summed E-state index contributed by atoms with van der Waals surface area (Å²) in [5, 5.41) is 0. The second kappa shape index (κ2) is 4.70. The fourth-order valence-electron chi connectivity index (χ4n) is 4.09. The zero-order valence-electron chi connectivity index (χ0n) is 11.8. The van der Waals surface area contributed by atoms with Crippen LogP contribution in [-0.4, -0.2) is 0 Å². The Hall–Kier alpha value is 0. The summed E-state index contributed by atoms with van der Waals surface area (Å²) in [6.45, 7) is 9.72. The topological polar surface area (TPSA) is 0 Å². The Bertz CT molecular complexity index is 223. The molecule has 0 bridgehead atoms. The van der Waals surface area contributed by atoms with Gasteiger partial charge in [-0.3, -0.25) is 0 Å². The van der Waals surface area contributed by atoms with Crippen molar-refractivity contribution >= 4 is 0 Å². The molecule has 0 aromatic heterocycles. The Morgan fingerprint density at radius 2 is 1.50 bits per heavy atom. The van der Waals surface area contributed by atoms with Crippen LogP contribution in [0.3, 0.4) is 0 Å². The molecule has 4 unspecified atom stereocenters. The molecule has 4 atom stereocenters. The molecule has 0 spiro atoms. The lowest BCUT2D eigenvalue weighted by Gasteiger charge is -2.27. The molecule has 0 saturated heterocycles. The first kappa shape index (κ1) is 12.5. The Morgan fingerprint density at radius 1 is 0.875 bits per heavy atom. The Morgan fingerprint density at radius 3 is 2.00 bits per heavy atom. The van der Waals surface area contributed by atoms with Gasteiger partial charge in [0.2, 0.25) is 0 Å². The molecular formula is C16H30. The third-order valence-corrected chi connectivity index (χ3v) is 5.24. The Kier molecular flexibility index (Phi) is 3.66. The van der Waals surface area contributed by atoms with Gasteiger partial charge in [0.25, 0.3) is 0 Å². The molecule has 2 fully saturated rings. The molecule has 0 aromatic rings. The minimum absolute atomic E-state index is 0.553. The monoisotopic (exact) mass is 222 g/mol. The van der Waals surface area contributed by atoms with Crippen LogP contribution in [0.1, 0.15) is 72.6 Å². The average Bonchev–Trinajstić information content (AvgIpc) is 2.74. The first-order valence-corrected chi connectivity index (χ1v) is 7.45. The van der Waals surface area contributed by atoms with Crippen LogP contribution in [0.5, 0.6) is 0 Å². The Balaban J connectivity index is 1.77. The highest BCUT2D eigenvalue weighted by Gasteiger charge is 2.34. The van der Waals surface area contributed by atoms with Gasteiger partial charge in [0.1, 0.15) is 0 Å². The second-order valence-corrected chi connectivity index (χ2v) is 7.76. The van der Waals surface area contributed by atoms with E-state index in [1.54, 1.807) is 6.42 Å². The van der Waals surface area contributed by atoms with Gasteiger partial charge in [0.15, 0.2) is 0 Å². The second-order valence-electron chi connectivity index (χ2n) is 7.76. The molecule has 2 aliphatic rings. The maximum Gasteiger partial charge on any atom is -0.0354 e. The van der Waals surface area contributed by atoms with Crippen molar-refractivity contribution in [3.05, 3.63) is 0 Å². The fourth-order valence-corrected chi connectivity index (χ4v) is 4.09. The molecule has 0 aromatic carbocycles. The van der Waals surface area contributed by atoms with Crippen LogP contribution in [0.2, 0.25) is 0 Å². The fraction of sp³-hybridized carbons (Fsp3) is 1.00. The van der Waals surface area contributed by atoms with Gasteiger partial charge in [-0.15, -0.1) is 0 Å². The standard InChI is InChI=1S/C16H30/c1-12-5-6-13(9-12)10-14-7-8-15(11-14)16(2,3)4/h12-15H,5-11H2,1-4H3. The lowest BCUT2D eigenvalue weighted by molar-refractivity contribution is 0.233. The van der Waals surface area contributed by atoms with Gasteiger partial charge in [0, 0.05) is 0 Å². The predicted octanol–water partition coefficient (Wildman–Crippen LogP) is 5.28.